The van der Waals surface area contributed by atoms with E-state index >= 15 is 0 Å². The molecule has 3 aromatic rings. The Kier molecular flexibility index (Phi) is 4.26. The Hall–Kier alpha value is -2.99. The molecule has 0 spiro atoms. The van der Waals surface area contributed by atoms with E-state index in [1.165, 1.54) is 6.21 Å². The third-order valence-electron chi connectivity index (χ3n) is 4.33. The van der Waals surface area contributed by atoms with Gasteiger partial charge in [-0.15, -0.1) is 0 Å². The highest BCUT2D eigenvalue weighted by Gasteiger charge is 2.16. The summed E-state index contributed by atoms with van der Waals surface area (Å²) in [6, 6.07) is 12.0. The van der Waals surface area contributed by atoms with Crippen LogP contribution in [0, 0.1) is 0 Å². The summed E-state index contributed by atoms with van der Waals surface area (Å²) in [7, 11) is 0. The van der Waals surface area contributed by atoms with Crippen molar-refractivity contribution in [1.29, 1.82) is 0 Å². The third kappa shape index (κ3) is 3.11. The number of fused-ring (bicyclic) bond motifs is 2. The Labute approximate surface area is 154 Å². The fraction of sp³-hybridized carbons (Fsp3) is 0.158. The van der Waals surface area contributed by atoms with E-state index in [1.54, 1.807) is 47.0 Å². The van der Waals surface area contributed by atoms with Gasteiger partial charge >= 0.3 is 0 Å². The maximum atomic E-state index is 12.4. The number of rotatable bonds is 3. The van der Waals surface area contributed by atoms with E-state index < -0.39 is 0 Å². The molecule has 26 heavy (non-hydrogen) atoms. The molecule has 1 amide bonds. The molecule has 1 N–H and O–H groups in total. The Bertz CT molecular complexity index is 1090. The van der Waals surface area contributed by atoms with Crippen molar-refractivity contribution in [3.05, 3.63) is 74.8 Å². The van der Waals surface area contributed by atoms with E-state index in [1.807, 2.05) is 0 Å². The fourth-order valence-corrected chi connectivity index (χ4v) is 3.13. The van der Waals surface area contributed by atoms with Gasteiger partial charge in [-0.3, -0.25) is 14.2 Å². The number of aryl methyl sites for hydroxylation is 1. The molecule has 0 unspecified atom stereocenters. The van der Waals surface area contributed by atoms with Gasteiger partial charge in [0.15, 0.2) is 0 Å². The quantitative estimate of drug-likeness (QED) is 0.572. The number of hydrogen-bond acceptors (Lipinski definition) is 4. The number of carbonyl (C=O) groups is 1. The maximum absolute atomic E-state index is 12.4. The van der Waals surface area contributed by atoms with Crippen molar-refractivity contribution in [1.82, 2.24) is 15.0 Å². The minimum Gasteiger partial charge on any atom is -0.296 e. The second-order valence-electron chi connectivity index (χ2n) is 6.07. The van der Waals surface area contributed by atoms with Crippen molar-refractivity contribution in [3.8, 4) is 0 Å². The predicted molar refractivity (Wildman–Crippen MR) is 101 cm³/mol. The Morgan fingerprint density at radius 2 is 2.04 bits per heavy atom. The number of nitrogens with zero attached hydrogens (tertiary/aromatic N) is 3. The van der Waals surface area contributed by atoms with Crippen LogP contribution >= 0.6 is 11.6 Å². The summed E-state index contributed by atoms with van der Waals surface area (Å²) in [5, 5.41) is 5.11. The van der Waals surface area contributed by atoms with Crippen LogP contribution in [0.25, 0.3) is 10.9 Å². The average Bonchev–Trinajstić information content (AvgIpc) is 3.12. The molecule has 0 bridgehead atoms. The first-order valence-corrected chi connectivity index (χ1v) is 8.62. The summed E-state index contributed by atoms with van der Waals surface area (Å²) in [5.74, 6) is 0.417. The van der Waals surface area contributed by atoms with Crippen LogP contribution in [0.1, 0.15) is 28.2 Å². The van der Waals surface area contributed by atoms with Crippen molar-refractivity contribution in [3.63, 3.8) is 0 Å². The zero-order valence-electron chi connectivity index (χ0n) is 13.8. The number of carbonyl (C=O) groups excluding carboxylic acids is 1. The van der Waals surface area contributed by atoms with Gasteiger partial charge in [-0.05, 0) is 42.3 Å². The molecule has 0 atom stereocenters. The number of hydrogen-bond donors (Lipinski definition) is 1. The lowest BCUT2D eigenvalue weighted by Crippen LogP contribution is -2.22. The van der Waals surface area contributed by atoms with Gasteiger partial charge in [0.2, 0.25) is 0 Å². The summed E-state index contributed by atoms with van der Waals surface area (Å²) in [5.41, 5.74) is 4.19. The number of hydrazone groups is 1. The lowest BCUT2D eigenvalue weighted by Gasteiger charge is -2.06. The zero-order chi connectivity index (χ0) is 18.1. The molecule has 0 saturated heterocycles. The van der Waals surface area contributed by atoms with Crippen LogP contribution < -0.4 is 11.0 Å². The van der Waals surface area contributed by atoms with Gasteiger partial charge in [-0.25, -0.2) is 10.4 Å². The highest BCUT2D eigenvalue weighted by molar-refractivity contribution is 6.30. The highest BCUT2D eigenvalue weighted by Crippen LogP contribution is 2.16. The van der Waals surface area contributed by atoms with Crippen LogP contribution in [0.2, 0.25) is 5.02 Å². The summed E-state index contributed by atoms with van der Waals surface area (Å²) in [6.45, 7) is 0.707. The van der Waals surface area contributed by atoms with Gasteiger partial charge in [0, 0.05) is 23.6 Å². The summed E-state index contributed by atoms with van der Waals surface area (Å²) >= 11 is 5.83. The molecule has 2 aromatic carbocycles. The molecule has 0 saturated carbocycles. The lowest BCUT2D eigenvalue weighted by molar-refractivity contribution is 0.0955. The van der Waals surface area contributed by atoms with Crippen LogP contribution in [-0.4, -0.2) is 21.7 Å². The first-order valence-electron chi connectivity index (χ1n) is 8.24. The molecular formula is C19H15ClN4O2. The normalized spacial score (nSPS) is 13.3. The van der Waals surface area contributed by atoms with E-state index in [-0.39, 0.29) is 11.5 Å². The van der Waals surface area contributed by atoms with E-state index in [9.17, 15) is 9.59 Å². The molecule has 1 aromatic heterocycles. The smallest absolute Gasteiger partial charge is 0.271 e. The van der Waals surface area contributed by atoms with Gasteiger partial charge in [-0.1, -0.05) is 23.7 Å². The van der Waals surface area contributed by atoms with E-state index in [4.69, 9.17) is 11.6 Å². The summed E-state index contributed by atoms with van der Waals surface area (Å²) < 4.78 is 1.71. The van der Waals surface area contributed by atoms with Crippen LogP contribution in [0.4, 0.5) is 0 Å². The lowest BCUT2D eigenvalue weighted by atomic mass is 10.1. The average molecular weight is 367 g/mol. The van der Waals surface area contributed by atoms with Gasteiger partial charge in [0.05, 0.1) is 17.1 Å². The van der Waals surface area contributed by atoms with E-state index in [0.717, 1.165) is 24.2 Å². The molecule has 0 fully saturated rings. The van der Waals surface area contributed by atoms with Crippen LogP contribution in [0.5, 0.6) is 0 Å². The number of amides is 1. The molecule has 0 aliphatic carbocycles. The van der Waals surface area contributed by atoms with Crippen molar-refractivity contribution in [2.75, 3.05) is 0 Å². The topological polar surface area (TPSA) is 76.3 Å². The molecule has 6 nitrogen and oxygen atoms in total. The monoisotopic (exact) mass is 366 g/mol. The number of nitrogens with one attached hydrogen (secondary N) is 1. The van der Waals surface area contributed by atoms with Crippen LogP contribution in [0.3, 0.4) is 0 Å². The van der Waals surface area contributed by atoms with E-state index in [2.05, 4.69) is 15.5 Å². The van der Waals surface area contributed by atoms with E-state index in [0.29, 0.717) is 28.0 Å². The highest BCUT2D eigenvalue weighted by atomic mass is 35.5. The van der Waals surface area contributed by atoms with Gasteiger partial charge in [0.1, 0.15) is 5.82 Å². The second-order valence-corrected chi connectivity index (χ2v) is 6.51. The minimum absolute atomic E-state index is 0.0461. The first-order chi connectivity index (χ1) is 12.6. The maximum Gasteiger partial charge on any atom is 0.271 e. The second kappa shape index (κ2) is 6.72. The summed E-state index contributed by atoms with van der Waals surface area (Å²) in [4.78, 5) is 29.3. The molecule has 1 aliphatic heterocycles. The standard InChI is InChI=1S/C19H15ClN4O2/c20-14-6-3-12(4-7-14)11-21-23-18(25)13-5-8-15-16(10-13)22-17-2-1-9-24(17)19(15)26/h3-8,10-11H,1-2,9H2,(H,23,25)/b21-11-. The molecular weight excluding hydrogens is 352 g/mol. The first kappa shape index (κ1) is 16.5. The summed E-state index contributed by atoms with van der Waals surface area (Å²) in [6.07, 6.45) is 3.24. The molecule has 1 aliphatic rings. The van der Waals surface area contributed by atoms with Crippen molar-refractivity contribution in [2.45, 2.75) is 19.4 Å². The fourth-order valence-electron chi connectivity index (χ4n) is 3.00. The molecule has 4 rings (SSSR count). The van der Waals surface area contributed by atoms with Crippen molar-refractivity contribution < 1.29 is 4.79 Å². The van der Waals surface area contributed by atoms with Gasteiger partial charge in [0.25, 0.3) is 11.5 Å². The van der Waals surface area contributed by atoms with Crippen molar-refractivity contribution >= 4 is 34.6 Å². The number of aromatic nitrogens is 2. The molecule has 0 radical (unpaired) electrons. The predicted octanol–water partition coefficient (Wildman–Crippen LogP) is 2.76. The van der Waals surface area contributed by atoms with Crippen LogP contribution in [-0.2, 0) is 13.0 Å². The van der Waals surface area contributed by atoms with Gasteiger partial charge in [-0.2, -0.15) is 5.10 Å². The molecule has 7 heteroatoms. The molecule has 2 heterocycles. The number of benzene rings is 2. The van der Waals surface area contributed by atoms with Crippen LogP contribution in [0.15, 0.2) is 52.4 Å². The molecule has 130 valence electrons. The Morgan fingerprint density at radius 1 is 1.23 bits per heavy atom. The third-order valence-corrected chi connectivity index (χ3v) is 4.58. The minimum atomic E-state index is -0.362. The Balaban J connectivity index is 1.56. The zero-order valence-corrected chi connectivity index (χ0v) is 14.5. The van der Waals surface area contributed by atoms with Gasteiger partial charge < -0.3 is 0 Å². The van der Waals surface area contributed by atoms with Crippen molar-refractivity contribution in [2.24, 2.45) is 5.10 Å². The Morgan fingerprint density at radius 3 is 2.85 bits per heavy atom. The SMILES string of the molecule is O=C(N/N=C\c1ccc(Cl)cc1)c1ccc2c(=O)n3c(nc2c1)CCC3. The number of halogens is 1. The largest absolute Gasteiger partial charge is 0.296 e.